The Morgan fingerprint density at radius 1 is 1.15 bits per heavy atom. The first-order valence-corrected chi connectivity index (χ1v) is 7.06. The van der Waals surface area contributed by atoms with E-state index in [0.717, 1.165) is 18.9 Å². The fourth-order valence-electron chi connectivity index (χ4n) is 3.61. The molecular weight excluding hydrogens is 263 g/mol. The standard InChI is InChI=1S/C16H18F3N/c1-10(13-9-11-6-7-12(13)8-11)20-15-5-3-2-4-14(15)16(17,18)19/h2-7,10-13,20H,8-9H2,1H3. The van der Waals surface area contributed by atoms with Gasteiger partial charge in [-0.3, -0.25) is 0 Å². The van der Waals surface area contributed by atoms with E-state index in [0.29, 0.717) is 17.8 Å². The van der Waals surface area contributed by atoms with Crippen molar-refractivity contribution < 1.29 is 13.2 Å². The largest absolute Gasteiger partial charge is 0.418 e. The molecule has 2 bridgehead atoms. The van der Waals surface area contributed by atoms with Crippen LogP contribution in [0.1, 0.15) is 25.3 Å². The minimum atomic E-state index is -4.31. The van der Waals surface area contributed by atoms with Gasteiger partial charge in [-0.2, -0.15) is 13.2 Å². The van der Waals surface area contributed by atoms with Crippen LogP contribution < -0.4 is 5.32 Å². The molecular formula is C16H18F3N. The Hall–Kier alpha value is -1.45. The molecule has 4 atom stereocenters. The Balaban J connectivity index is 1.77. The first kappa shape index (κ1) is 13.5. The lowest BCUT2D eigenvalue weighted by Gasteiger charge is -2.28. The summed E-state index contributed by atoms with van der Waals surface area (Å²) in [4.78, 5) is 0. The van der Waals surface area contributed by atoms with E-state index < -0.39 is 11.7 Å². The van der Waals surface area contributed by atoms with Crippen molar-refractivity contribution in [3.05, 3.63) is 42.0 Å². The maximum Gasteiger partial charge on any atom is 0.418 e. The first-order chi connectivity index (χ1) is 9.45. The van der Waals surface area contributed by atoms with Crippen LogP contribution in [-0.4, -0.2) is 6.04 Å². The number of fused-ring (bicyclic) bond motifs is 2. The van der Waals surface area contributed by atoms with Gasteiger partial charge in [0.15, 0.2) is 0 Å². The van der Waals surface area contributed by atoms with Gasteiger partial charge in [0, 0.05) is 11.7 Å². The van der Waals surface area contributed by atoms with E-state index in [1.807, 2.05) is 6.92 Å². The summed E-state index contributed by atoms with van der Waals surface area (Å²) in [5, 5.41) is 3.09. The van der Waals surface area contributed by atoms with E-state index in [-0.39, 0.29) is 11.7 Å². The Morgan fingerprint density at radius 2 is 1.90 bits per heavy atom. The van der Waals surface area contributed by atoms with E-state index in [1.54, 1.807) is 6.07 Å². The smallest absolute Gasteiger partial charge is 0.382 e. The molecule has 1 aromatic carbocycles. The molecule has 20 heavy (non-hydrogen) atoms. The molecule has 1 saturated carbocycles. The summed E-state index contributed by atoms with van der Waals surface area (Å²) in [6.07, 6.45) is 2.42. The van der Waals surface area contributed by atoms with E-state index in [1.165, 1.54) is 12.1 Å². The minimum absolute atomic E-state index is 0.0541. The highest BCUT2D eigenvalue weighted by Crippen LogP contribution is 2.45. The second-order valence-corrected chi connectivity index (χ2v) is 5.92. The first-order valence-electron chi connectivity index (χ1n) is 7.06. The highest BCUT2D eigenvalue weighted by molar-refractivity contribution is 5.53. The number of benzene rings is 1. The number of para-hydroxylation sites is 1. The van der Waals surface area contributed by atoms with Crippen molar-refractivity contribution >= 4 is 5.69 Å². The average Bonchev–Trinajstić information content (AvgIpc) is 3.00. The van der Waals surface area contributed by atoms with E-state index >= 15 is 0 Å². The van der Waals surface area contributed by atoms with Crippen LogP contribution in [0, 0.1) is 17.8 Å². The fourth-order valence-corrected chi connectivity index (χ4v) is 3.61. The Morgan fingerprint density at radius 3 is 2.50 bits per heavy atom. The molecule has 108 valence electrons. The van der Waals surface area contributed by atoms with Crippen LogP contribution in [0.5, 0.6) is 0 Å². The van der Waals surface area contributed by atoms with Crippen molar-refractivity contribution in [3.8, 4) is 0 Å². The second-order valence-electron chi connectivity index (χ2n) is 5.92. The maximum absolute atomic E-state index is 13.0. The van der Waals surface area contributed by atoms with Gasteiger partial charge in [-0.05, 0) is 49.7 Å². The number of anilines is 1. The van der Waals surface area contributed by atoms with Crippen molar-refractivity contribution in [3.63, 3.8) is 0 Å². The van der Waals surface area contributed by atoms with Crippen molar-refractivity contribution in [2.45, 2.75) is 32.0 Å². The summed E-state index contributed by atoms with van der Waals surface area (Å²) >= 11 is 0. The molecule has 3 rings (SSSR count). The average molecular weight is 281 g/mol. The third kappa shape index (κ3) is 2.43. The van der Waals surface area contributed by atoms with Crippen LogP contribution in [0.2, 0.25) is 0 Å². The quantitative estimate of drug-likeness (QED) is 0.791. The maximum atomic E-state index is 13.0. The van der Waals surface area contributed by atoms with Gasteiger partial charge in [-0.1, -0.05) is 24.3 Å². The molecule has 1 fully saturated rings. The number of rotatable bonds is 3. The van der Waals surface area contributed by atoms with Crippen molar-refractivity contribution in [1.29, 1.82) is 0 Å². The number of alkyl halides is 3. The van der Waals surface area contributed by atoms with Gasteiger partial charge in [0.1, 0.15) is 0 Å². The van der Waals surface area contributed by atoms with E-state index in [2.05, 4.69) is 17.5 Å². The number of halogens is 3. The van der Waals surface area contributed by atoms with Gasteiger partial charge >= 0.3 is 6.18 Å². The zero-order valence-electron chi connectivity index (χ0n) is 11.3. The summed E-state index contributed by atoms with van der Waals surface area (Å²) in [5.74, 6) is 1.60. The van der Waals surface area contributed by atoms with Crippen molar-refractivity contribution in [2.24, 2.45) is 17.8 Å². The molecule has 1 nitrogen and oxygen atoms in total. The lowest BCUT2D eigenvalue weighted by molar-refractivity contribution is -0.137. The normalized spacial score (nSPS) is 29.7. The molecule has 4 heteroatoms. The van der Waals surface area contributed by atoms with Crippen LogP contribution in [0.3, 0.4) is 0 Å². The van der Waals surface area contributed by atoms with Crippen LogP contribution in [0.15, 0.2) is 36.4 Å². The monoisotopic (exact) mass is 281 g/mol. The highest BCUT2D eigenvalue weighted by Gasteiger charge is 2.39. The molecule has 0 saturated heterocycles. The molecule has 2 aliphatic carbocycles. The number of hydrogen-bond acceptors (Lipinski definition) is 1. The van der Waals surface area contributed by atoms with Crippen LogP contribution >= 0.6 is 0 Å². The van der Waals surface area contributed by atoms with E-state index in [4.69, 9.17) is 0 Å². The van der Waals surface area contributed by atoms with Crippen molar-refractivity contribution in [2.75, 3.05) is 5.32 Å². The fraction of sp³-hybridized carbons (Fsp3) is 0.500. The Labute approximate surface area is 116 Å². The van der Waals surface area contributed by atoms with Gasteiger partial charge in [0.2, 0.25) is 0 Å². The van der Waals surface area contributed by atoms with Gasteiger partial charge in [-0.15, -0.1) is 0 Å². The zero-order valence-corrected chi connectivity index (χ0v) is 11.3. The van der Waals surface area contributed by atoms with Gasteiger partial charge in [0.25, 0.3) is 0 Å². The summed E-state index contributed by atoms with van der Waals surface area (Å²) in [7, 11) is 0. The zero-order chi connectivity index (χ0) is 14.3. The molecule has 1 N–H and O–H groups in total. The molecule has 1 aromatic rings. The van der Waals surface area contributed by atoms with Crippen molar-refractivity contribution in [1.82, 2.24) is 0 Å². The Bertz CT molecular complexity index is 521. The highest BCUT2D eigenvalue weighted by atomic mass is 19.4. The molecule has 2 aliphatic rings. The third-order valence-corrected chi connectivity index (χ3v) is 4.59. The minimum Gasteiger partial charge on any atom is -0.382 e. The molecule has 0 heterocycles. The molecule has 0 aliphatic heterocycles. The summed E-state index contributed by atoms with van der Waals surface area (Å²) in [5.41, 5.74) is -0.384. The third-order valence-electron chi connectivity index (χ3n) is 4.59. The number of allylic oxidation sites excluding steroid dienone is 2. The van der Waals surface area contributed by atoms with Crippen LogP contribution in [0.25, 0.3) is 0 Å². The van der Waals surface area contributed by atoms with Gasteiger partial charge < -0.3 is 5.32 Å². The van der Waals surface area contributed by atoms with E-state index in [9.17, 15) is 13.2 Å². The lowest BCUT2D eigenvalue weighted by atomic mass is 9.87. The SMILES string of the molecule is CC(Nc1ccccc1C(F)(F)F)C1CC2C=CC1C2. The molecule has 4 unspecified atom stereocenters. The van der Waals surface area contributed by atoms with Gasteiger partial charge in [-0.25, -0.2) is 0 Å². The molecule has 0 spiro atoms. The second kappa shape index (κ2) is 4.83. The molecule has 0 amide bonds. The number of hydrogen-bond donors (Lipinski definition) is 1. The number of nitrogens with one attached hydrogen (secondary N) is 1. The molecule has 0 radical (unpaired) electrons. The topological polar surface area (TPSA) is 12.0 Å². The Kier molecular flexibility index (Phi) is 3.27. The van der Waals surface area contributed by atoms with Crippen LogP contribution in [0.4, 0.5) is 18.9 Å². The summed E-state index contributed by atoms with van der Waals surface area (Å²) in [6.45, 7) is 1.99. The molecule has 0 aromatic heterocycles. The summed E-state index contributed by atoms with van der Waals surface area (Å²) in [6, 6.07) is 5.78. The predicted octanol–water partition coefficient (Wildman–Crippen LogP) is 4.72. The van der Waals surface area contributed by atoms with Crippen LogP contribution in [-0.2, 0) is 6.18 Å². The van der Waals surface area contributed by atoms with Gasteiger partial charge in [0.05, 0.1) is 5.56 Å². The summed E-state index contributed by atoms with van der Waals surface area (Å²) < 4.78 is 38.9. The lowest BCUT2D eigenvalue weighted by Crippen LogP contribution is -2.29. The predicted molar refractivity (Wildman–Crippen MR) is 73.4 cm³/mol.